The van der Waals surface area contributed by atoms with Crippen molar-refractivity contribution in [2.45, 2.75) is 77.0 Å². The average Bonchev–Trinajstić information content (AvgIpc) is 3.47. The first-order valence-corrected chi connectivity index (χ1v) is 20.3. The Morgan fingerprint density at radius 2 is 1.40 bits per heavy atom. The van der Waals surface area contributed by atoms with Crippen LogP contribution in [-0.2, 0) is 25.7 Å². The van der Waals surface area contributed by atoms with E-state index in [9.17, 15) is 17.8 Å². The number of anilines is 1. The molecule has 4 aromatic carbocycles. The molecule has 0 aromatic heterocycles. The Bertz CT molecular complexity index is 2290. The summed E-state index contributed by atoms with van der Waals surface area (Å²) in [6.07, 6.45) is 18.9. The van der Waals surface area contributed by atoms with Gasteiger partial charge in [-0.05, 0) is 84.8 Å². The number of carbonyl (C=O) groups is 1. The molecule has 1 amide bonds. The highest BCUT2D eigenvalue weighted by molar-refractivity contribution is 7.85. The third-order valence-corrected chi connectivity index (χ3v) is 11.6. The second-order valence-electron chi connectivity index (χ2n) is 15.3. The van der Waals surface area contributed by atoms with Crippen LogP contribution in [0.2, 0.25) is 0 Å². The van der Waals surface area contributed by atoms with Gasteiger partial charge >= 0.3 is 0 Å². The molecule has 4 aromatic rings. The topological polar surface area (TPSA) is 104 Å². The number of amides is 1. The van der Waals surface area contributed by atoms with Crippen molar-refractivity contribution in [3.63, 3.8) is 0 Å². The van der Waals surface area contributed by atoms with Gasteiger partial charge in [0, 0.05) is 53.9 Å². The van der Waals surface area contributed by atoms with Crippen molar-refractivity contribution in [2.75, 3.05) is 23.7 Å². The Labute approximate surface area is 314 Å². The molecule has 276 valence electrons. The van der Waals surface area contributed by atoms with Gasteiger partial charge in [-0.1, -0.05) is 98.8 Å². The maximum absolute atomic E-state index is 11.4. The third kappa shape index (κ3) is 8.09. The highest BCUT2D eigenvalue weighted by atomic mass is 32.2. The summed E-state index contributed by atoms with van der Waals surface area (Å²) in [5.41, 5.74) is 12.3. The summed E-state index contributed by atoms with van der Waals surface area (Å²) in [5.74, 6) is -0.479. The first kappa shape index (κ1) is 38.0. The lowest BCUT2D eigenvalue weighted by Gasteiger charge is -2.27. The van der Waals surface area contributed by atoms with Crippen LogP contribution in [-0.4, -0.2) is 48.0 Å². The van der Waals surface area contributed by atoms with E-state index in [4.69, 9.17) is 5.73 Å². The smallest absolute Gasteiger partial charge is 0.264 e. The zero-order chi connectivity index (χ0) is 37.8. The SMILES string of the molecule is CC1(C)C(=CC=CC=CC=CC2=[N+](CCCCCC(N)=O)c3ccc4ccccc4c3C2(C)C)N(CCCCS(=O)(=O)O)c2ccc3ccccc3c21. The van der Waals surface area contributed by atoms with Gasteiger partial charge in [0.2, 0.25) is 11.6 Å². The van der Waals surface area contributed by atoms with E-state index in [1.54, 1.807) is 0 Å². The number of benzene rings is 4. The minimum atomic E-state index is -3.99. The molecule has 2 heterocycles. The first-order chi connectivity index (χ1) is 25.3. The largest absolute Gasteiger partial charge is 0.370 e. The van der Waals surface area contributed by atoms with Gasteiger partial charge in [-0.3, -0.25) is 9.35 Å². The van der Waals surface area contributed by atoms with Crippen molar-refractivity contribution >= 4 is 54.7 Å². The van der Waals surface area contributed by atoms with Crippen LogP contribution in [0.1, 0.15) is 77.3 Å². The molecule has 0 fully saturated rings. The van der Waals surface area contributed by atoms with Crippen molar-refractivity contribution in [2.24, 2.45) is 5.73 Å². The van der Waals surface area contributed by atoms with Crippen LogP contribution in [0.5, 0.6) is 0 Å². The Balaban J connectivity index is 1.24. The van der Waals surface area contributed by atoms with Crippen LogP contribution >= 0.6 is 0 Å². The van der Waals surface area contributed by atoms with Gasteiger partial charge in [-0.2, -0.15) is 13.0 Å². The maximum Gasteiger partial charge on any atom is 0.264 e. The van der Waals surface area contributed by atoms with Crippen LogP contribution in [0.4, 0.5) is 11.4 Å². The number of primary amides is 1. The Morgan fingerprint density at radius 1 is 0.755 bits per heavy atom. The summed E-state index contributed by atoms with van der Waals surface area (Å²) in [5, 5.41) is 4.93. The highest BCUT2D eigenvalue weighted by Crippen LogP contribution is 2.51. The monoisotopic (exact) mass is 730 g/mol. The molecule has 0 saturated carbocycles. The first-order valence-electron chi connectivity index (χ1n) is 18.7. The average molecular weight is 731 g/mol. The van der Waals surface area contributed by atoms with Crippen LogP contribution in [0, 0.1) is 0 Å². The van der Waals surface area contributed by atoms with Gasteiger partial charge in [0.25, 0.3) is 10.1 Å². The molecule has 3 N–H and O–H groups in total. The number of carbonyl (C=O) groups excluding carboxylic acids is 1. The number of fused-ring (bicyclic) bond motifs is 6. The lowest BCUT2D eigenvalue weighted by molar-refractivity contribution is -0.438. The number of allylic oxidation sites excluding steroid dienone is 8. The van der Waals surface area contributed by atoms with Gasteiger partial charge in [0.1, 0.15) is 6.54 Å². The number of nitrogens with two attached hydrogens (primary N) is 1. The summed E-state index contributed by atoms with van der Waals surface area (Å²) in [6, 6.07) is 25.8. The Morgan fingerprint density at radius 3 is 2.09 bits per heavy atom. The Hall–Kier alpha value is -4.79. The standard InChI is InChI=1S/C45H51N3O4S/c1-44(2)39(47(30-16-8-11-25-41(46)49)37-28-26-33-19-12-14-21-35(33)42(37)44)23-9-6-5-7-10-24-40-45(3,4)43-36-22-15-13-20-34(36)27-29-38(43)48(40)31-17-18-32-53(50,51)52/h5-7,9-10,12-15,19-24,26-29H,8,11,16-18,25,30-32H2,1-4H3,(H2-,46,49,50,51,52)/p+1. The molecular weight excluding hydrogens is 679 g/mol. The fourth-order valence-electron chi connectivity index (χ4n) is 8.34. The van der Waals surface area contributed by atoms with Gasteiger partial charge in [-0.25, -0.2) is 0 Å². The summed E-state index contributed by atoms with van der Waals surface area (Å²) in [7, 11) is -3.99. The molecule has 7 nitrogen and oxygen atoms in total. The van der Waals surface area contributed by atoms with E-state index >= 15 is 0 Å². The van der Waals surface area contributed by atoms with E-state index in [1.165, 1.54) is 44.1 Å². The molecule has 8 heteroatoms. The molecule has 2 aliphatic rings. The molecule has 0 atom stereocenters. The van der Waals surface area contributed by atoms with E-state index in [1.807, 2.05) is 12.2 Å². The van der Waals surface area contributed by atoms with Crippen LogP contribution < -0.4 is 10.6 Å². The quantitative estimate of drug-likeness (QED) is 0.0549. The van der Waals surface area contributed by atoms with E-state index in [0.29, 0.717) is 25.8 Å². The van der Waals surface area contributed by atoms with Crippen molar-refractivity contribution in [3.05, 3.63) is 132 Å². The Kier molecular flexibility index (Phi) is 11.2. The predicted octanol–water partition coefficient (Wildman–Crippen LogP) is 9.43. The van der Waals surface area contributed by atoms with Crippen LogP contribution in [0.25, 0.3) is 21.5 Å². The molecule has 53 heavy (non-hydrogen) atoms. The molecule has 2 aliphatic heterocycles. The molecule has 0 aliphatic carbocycles. The second kappa shape index (κ2) is 15.7. The lowest BCUT2D eigenvalue weighted by atomic mass is 9.79. The zero-order valence-electron chi connectivity index (χ0n) is 31.4. The molecule has 0 spiro atoms. The fourth-order valence-corrected chi connectivity index (χ4v) is 8.91. The van der Waals surface area contributed by atoms with E-state index in [-0.39, 0.29) is 22.5 Å². The number of unbranched alkanes of at least 4 members (excludes halogenated alkanes) is 3. The minimum absolute atomic E-state index is 0.202. The molecule has 6 rings (SSSR count). The van der Waals surface area contributed by atoms with Crippen LogP contribution in [0.3, 0.4) is 0 Å². The number of rotatable bonds is 15. The fraction of sp³-hybridized carbons (Fsp3) is 0.333. The number of nitrogens with zero attached hydrogens (tertiary/aromatic N) is 2. The third-order valence-electron chi connectivity index (χ3n) is 10.8. The van der Waals surface area contributed by atoms with Gasteiger partial charge in [0.05, 0.1) is 11.2 Å². The molecule has 0 radical (unpaired) electrons. The van der Waals surface area contributed by atoms with Crippen LogP contribution in [0.15, 0.2) is 121 Å². The van der Waals surface area contributed by atoms with Crippen molar-refractivity contribution in [1.82, 2.24) is 0 Å². The lowest BCUT2D eigenvalue weighted by Crippen LogP contribution is -2.28. The van der Waals surface area contributed by atoms with Gasteiger partial charge in [0.15, 0.2) is 5.71 Å². The molecule has 0 saturated heterocycles. The predicted molar refractivity (Wildman–Crippen MR) is 220 cm³/mol. The van der Waals surface area contributed by atoms with E-state index in [2.05, 4.69) is 140 Å². The highest BCUT2D eigenvalue weighted by Gasteiger charge is 2.45. The van der Waals surface area contributed by atoms with Crippen molar-refractivity contribution < 1.29 is 22.3 Å². The number of hydrogen-bond donors (Lipinski definition) is 2. The summed E-state index contributed by atoms with van der Waals surface area (Å²) in [4.78, 5) is 13.6. The molecule has 0 bridgehead atoms. The van der Waals surface area contributed by atoms with E-state index < -0.39 is 10.1 Å². The van der Waals surface area contributed by atoms with Gasteiger partial charge in [-0.15, -0.1) is 0 Å². The summed E-state index contributed by atoms with van der Waals surface area (Å²) >= 11 is 0. The molecular formula is C45H52N3O4S+. The normalized spacial score (nSPS) is 17.4. The minimum Gasteiger partial charge on any atom is -0.370 e. The van der Waals surface area contributed by atoms with Gasteiger partial charge < -0.3 is 10.6 Å². The van der Waals surface area contributed by atoms with Crippen molar-refractivity contribution in [3.8, 4) is 0 Å². The zero-order valence-corrected chi connectivity index (χ0v) is 32.2. The molecule has 0 unspecified atom stereocenters. The summed E-state index contributed by atoms with van der Waals surface area (Å²) in [6.45, 7) is 10.6. The second-order valence-corrected chi connectivity index (χ2v) is 16.8. The number of hydrogen-bond acceptors (Lipinski definition) is 4. The van der Waals surface area contributed by atoms with E-state index in [0.717, 1.165) is 37.2 Å². The summed E-state index contributed by atoms with van der Waals surface area (Å²) < 4.78 is 34.5. The maximum atomic E-state index is 11.4. The van der Waals surface area contributed by atoms with Crippen molar-refractivity contribution in [1.29, 1.82) is 0 Å².